The summed E-state index contributed by atoms with van der Waals surface area (Å²) in [6.45, 7) is 1.26. The second-order valence-corrected chi connectivity index (χ2v) is 7.05. The minimum Gasteiger partial charge on any atom is -0.325 e. The lowest BCUT2D eigenvalue weighted by Gasteiger charge is -2.29. The van der Waals surface area contributed by atoms with Crippen LogP contribution in [-0.4, -0.2) is 29.1 Å². The third kappa shape index (κ3) is 3.99. The summed E-state index contributed by atoms with van der Waals surface area (Å²) in [7, 11) is 0. The van der Waals surface area contributed by atoms with Gasteiger partial charge < -0.3 is 14.7 Å². The van der Waals surface area contributed by atoms with Crippen LogP contribution in [0.4, 0.5) is 16.1 Å². The average molecular weight is 401 g/mol. The van der Waals surface area contributed by atoms with E-state index in [0.29, 0.717) is 43.5 Å². The average Bonchev–Trinajstić information content (AvgIpc) is 3.21. The number of hydrogen-bond acceptors (Lipinski definition) is 5. The van der Waals surface area contributed by atoms with E-state index >= 15 is 0 Å². The number of hydrogen-bond donors (Lipinski definition) is 1. The van der Waals surface area contributed by atoms with E-state index in [4.69, 9.17) is 16.1 Å². The molecule has 0 atom stereocenters. The van der Waals surface area contributed by atoms with Crippen LogP contribution in [0.3, 0.4) is 0 Å². The summed E-state index contributed by atoms with van der Waals surface area (Å²) in [6, 6.07) is 14.0. The summed E-state index contributed by atoms with van der Waals surface area (Å²) in [5, 5.41) is 7.00. The number of carbonyl (C=O) groups is 1. The Morgan fingerprint density at radius 1 is 1.18 bits per heavy atom. The van der Waals surface area contributed by atoms with E-state index in [1.165, 1.54) is 18.2 Å². The monoisotopic (exact) mass is 400 g/mol. The van der Waals surface area contributed by atoms with Crippen LogP contribution in [0.2, 0.25) is 5.02 Å². The number of amides is 1. The molecule has 1 aliphatic rings. The van der Waals surface area contributed by atoms with E-state index in [9.17, 15) is 9.18 Å². The Morgan fingerprint density at radius 2 is 1.93 bits per heavy atom. The first-order chi connectivity index (χ1) is 13.6. The van der Waals surface area contributed by atoms with Crippen molar-refractivity contribution in [1.29, 1.82) is 0 Å². The van der Waals surface area contributed by atoms with E-state index in [2.05, 4.69) is 15.5 Å². The molecule has 2 heterocycles. The van der Waals surface area contributed by atoms with Gasteiger partial charge in [0, 0.05) is 24.6 Å². The molecule has 0 bridgehead atoms. The first-order valence-corrected chi connectivity index (χ1v) is 9.38. The molecule has 8 heteroatoms. The molecule has 0 saturated carbocycles. The molecule has 144 valence electrons. The summed E-state index contributed by atoms with van der Waals surface area (Å²) < 4.78 is 18.5. The zero-order valence-electron chi connectivity index (χ0n) is 14.9. The van der Waals surface area contributed by atoms with Crippen LogP contribution in [-0.2, 0) is 4.79 Å². The lowest BCUT2D eigenvalue weighted by atomic mass is 9.96. The van der Waals surface area contributed by atoms with Crippen LogP contribution in [0, 0.1) is 11.7 Å². The summed E-state index contributed by atoms with van der Waals surface area (Å²) in [5.41, 5.74) is 1.31. The zero-order valence-corrected chi connectivity index (χ0v) is 15.7. The molecule has 0 spiro atoms. The highest BCUT2D eigenvalue weighted by Crippen LogP contribution is 2.27. The number of aromatic nitrogens is 2. The molecule has 1 N–H and O–H groups in total. The number of rotatable bonds is 4. The van der Waals surface area contributed by atoms with Crippen LogP contribution in [0.25, 0.3) is 11.4 Å². The van der Waals surface area contributed by atoms with E-state index in [-0.39, 0.29) is 16.8 Å². The third-order valence-electron chi connectivity index (χ3n) is 4.77. The fourth-order valence-corrected chi connectivity index (χ4v) is 3.42. The SMILES string of the molecule is O=C(Nc1ccc(F)cc1Cl)C1CCN(c2nc(-c3ccccc3)no2)CC1. The molecule has 0 radical (unpaired) electrons. The maximum Gasteiger partial charge on any atom is 0.324 e. The minimum atomic E-state index is -0.439. The fraction of sp³-hybridized carbons (Fsp3) is 0.250. The highest BCUT2D eigenvalue weighted by Gasteiger charge is 2.28. The van der Waals surface area contributed by atoms with Crippen molar-refractivity contribution in [3.05, 3.63) is 59.4 Å². The van der Waals surface area contributed by atoms with Crippen molar-refractivity contribution >= 4 is 29.2 Å². The van der Waals surface area contributed by atoms with Gasteiger partial charge in [0.05, 0.1) is 10.7 Å². The number of piperidine rings is 1. The molecule has 2 aromatic carbocycles. The molecular weight excluding hydrogens is 383 g/mol. The molecule has 3 aromatic rings. The molecule has 0 unspecified atom stereocenters. The van der Waals surface area contributed by atoms with Crippen molar-refractivity contribution in [2.75, 3.05) is 23.3 Å². The molecule has 1 aromatic heterocycles. The number of anilines is 2. The Morgan fingerprint density at radius 3 is 2.64 bits per heavy atom. The van der Waals surface area contributed by atoms with Gasteiger partial charge in [-0.05, 0) is 31.0 Å². The van der Waals surface area contributed by atoms with Crippen molar-refractivity contribution in [2.24, 2.45) is 5.92 Å². The molecule has 6 nitrogen and oxygen atoms in total. The highest BCUT2D eigenvalue weighted by molar-refractivity contribution is 6.33. The van der Waals surface area contributed by atoms with E-state index in [0.717, 1.165) is 5.56 Å². The smallest absolute Gasteiger partial charge is 0.324 e. The van der Waals surface area contributed by atoms with Crippen molar-refractivity contribution in [2.45, 2.75) is 12.8 Å². The van der Waals surface area contributed by atoms with E-state index in [1.54, 1.807) is 0 Å². The maximum atomic E-state index is 13.1. The quantitative estimate of drug-likeness (QED) is 0.703. The lowest BCUT2D eigenvalue weighted by Crippen LogP contribution is -2.38. The number of carbonyl (C=O) groups excluding carboxylic acids is 1. The standard InChI is InChI=1S/C20H18ClFN4O2/c21-16-12-15(22)6-7-17(16)23-19(27)14-8-10-26(11-9-14)20-24-18(25-28-20)13-4-2-1-3-5-13/h1-7,12,14H,8-11H2,(H,23,27). The van der Waals surface area contributed by atoms with Crippen LogP contribution in [0.1, 0.15) is 12.8 Å². The van der Waals surface area contributed by atoms with Gasteiger partial charge in [0.25, 0.3) is 0 Å². The Hall–Kier alpha value is -2.93. The van der Waals surface area contributed by atoms with Crippen molar-refractivity contribution in [1.82, 2.24) is 10.1 Å². The second-order valence-electron chi connectivity index (χ2n) is 6.64. The lowest BCUT2D eigenvalue weighted by molar-refractivity contribution is -0.120. The van der Waals surface area contributed by atoms with Crippen LogP contribution in [0.15, 0.2) is 53.1 Å². The number of halogens is 2. The van der Waals surface area contributed by atoms with Crippen molar-refractivity contribution < 1.29 is 13.7 Å². The molecule has 1 aliphatic heterocycles. The van der Waals surface area contributed by atoms with Gasteiger partial charge in [-0.15, -0.1) is 0 Å². The van der Waals surface area contributed by atoms with Gasteiger partial charge in [0.1, 0.15) is 5.82 Å². The van der Waals surface area contributed by atoms with Gasteiger partial charge in [-0.1, -0.05) is 47.1 Å². The fourth-order valence-electron chi connectivity index (χ4n) is 3.21. The Bertz CT molecular complexity index is 971. The second kappa shape index (κ2) is 7.98. The molecule has 1 saturated heterocycles. The summed E-state index contributed by atoms with van der Waals surface area (Å²) in [6.07, 6.45) is 1.29. The van der Waals surface area contributed by atoms with E-state index < -0.39 is 5.82 Å². The molecular formula is C20H18ClFN4O2. The normalized spacial score (nSPS) is 14.9. The highest BCUT2D eigenvalue weighted by atomic mass is 35.5. The molecule has 1 amide bonds. The van der Waals surface area contributed by atoms with Crippen molar-refractivity contribution in [3.8, 4) is 11.4 Å². The first kappa shape index (κ1) is 18.4. The maximum absolute atomic E-state index is 13.1. The Balaban J connectivity index is 1.35. The van der Waals surface area contributed by atoms with Crippen LogP contribution in [0.5, 0.6) is 0 Å². The largest absolute Gasteiger partial charge is 0.325 e. The Kier molecular flexibility index (Phi) is 5.25. The Labute approximate surface area is 166 Å². The number of nitrogens with zero attached hydrogens (tertiary/aromatic N) is 3. The summed E-state index contributed by atoms with van der Waals surface area (Å²) >= 11 is 5.98. The van der Waals surface area contributed by atoms with Crippen molar-refractivity contribution in [3.63, 3.8) is 0 Å². The van der Waals surface area contributed by atoms with Gasteiger partial charge >= 0.3 is 6.01 Å². The molecule has 1 fully saturated rings. The van der Waals surface area contributed by atoms with Gasteiger partial charge in [0.15, 0.2) is 0 Å². The first-order valence-electron chi connectivity index (χ1n) is 9.00. The van der Waals surface area contributed by atoms with Crippen LogP contribution >= 0.6 is 11.6 Å². The topological polar surface area (TPSA) is 71.3 Å². The predicted molar refractivity (Wildman–Crippen MR) is 105 cm³/mol. The van der Waals surface area contributed by atoms with Gasteiger partial charge in [-0.3, -0.25) is 4.79 Å². The number of benzene rings is 2. The number of nitrogens with one attached hydrogen (secondary N) is 1. The zero-order chi connectivity index (χ0) is 19.5. The van der Waals surface area contributed by atoms with Gasteiger partial charge in [-0.2, -0.15) is 4.98 Å². The van der Waals surface area contributed by atoms with E-state index in [1.807, 2.05) is 35.2 Å². The molecule has 4 rings (SSSR count). The molecule has 0 aliphatic carbocycles. The third-order valence-corrected chi connectivity index (χ3v) is 5.09. The summed E-state index contributed by atoms with van der Waals surface area (Å²) in [5.74, 6) is -0.176. The minimum absolute atomic E-state index is 0.122. The van der Waals surface area contributed by atoms with Gasteiger partial charge in [0.2, 0.25) is 11.7 Å². The molecule has 28 heavy (non-hydrogen) atoms. The summed E-state index contributed by atoms with van der Waals surface area (Å²) in [4.78, 5) is 18.9. The van der Waals surface area contributed by atoms with Gasteiger partial charge in [-0.25, -0.2) is 4.39 Å². The van der Waals surface area contributed by atoms with Crippen LogP contribution < -0.4 is 10.2 Å². The predicted octanol–water partition coefficient (Wildman–Crippen LogP) is 4.38.